The van der Waals surface area contributed by atoms with Crippen molar-refractivity contribution in [1.29, 1.82) is 0 Å². The second-order valence-electron chi connectivity index (χ2n) is 5.59. The Morgan fingerprint density at radius 1 is 1.29 bits per heavy atom. The zero-order valence-corrected chi connectivity index (χ0v) is 13.7. The van der Waals surface area contributed by atoms with E-state index in [9.17, 15) is 4.79 Å². The summed E-state index contributed by atoms with van der Waals surface area (Å²) < 4.78 is 2.07. The molecule has 3 aromatic heterocycles. The van der Waals surface area contributed by atoms with Gasteiger partial charge in [0.15, 0.2) is 0 Å². The molecule has 5 nitrogen and oxygen atoms in total. The van der Waals surface area contributed by atoms with Crippen LogP contribution in [0.5, 0.6) is 0 Å². The Hall–Kier alpha value is -2.86. The third-order valence-electron chi connectivity index (χ3n) is 4.00. The summed E-state index contributed by atoms with van der Waals surface area (Å²) in [5.41, 5.74) is 3.72. The molecular weight excluding hydrogens is 320 g/mol. The fraction of sp³-hybridized carbons (Fsp3) is 0.111. The third-order valence-corrected chi connectivity index (χ3v) is 4.70. The van der Waals surface area contributed by atoms with Gasteiger partial charge in [-0.2, -0.15) is 11.3 Å². The smallest absolute Gasteiger partial charge is 0.226 e. The number of anilines is 1. The molecule has 4 rings (SSSR count). The Labute approximate surface area is 143 Å². The number of hydrogen-bond donors (Lipinski definition) is 2. The lowest BCUT2D eigenvalue weighted by atomic mass is 10.1. The van der Waals surface area contributed by atoms with Crippen LogP contribution in [0.25, 0.3) is 11.0 Å². The van der Waals surface area contributed by atoms with E-state index in [1.807, 2.05) is 48.1 Å². The zero-order chi connectivity index (χ0) is 16.4. The van der Waals surface area contributed by atoms with Crippen molar-refractivity contribution >= 4 is 34.0 Å². The largest absolute Gasteiger partial charge is 0.346 e. The van der Waals surface area contributed by atoms with Gasteiger partial charge in [0.25, 0.3) is 0 Å². The highest BCUT2D eigenvalue weighted by Gasteiger charge is 2.18. The fourth-order valence-corrected chi connectivity index (χ4v) is 3.52. The fourth-order valence-electron chi connectivity index (χ4n) is 2.82. The molecule has 0 saturated heterocycles. The van der Waals surface area contributed by atoms with Gasteiger partial charge in [-0.3, -0.25) is 4.79 Å². The van der Waals surface area contributed by atoms with E-state index in [0.29, 0.717) is 6.42 Å². The van der Waals surface area contributed by atoms with E-state index in [2.05, 4.69) is 31.3 Å². The summed E-state index contributed by atoms with van der Waals surface area (Å²) in [4.78, 5) is 19.8. The summed E-state index contributed by atoms with van der Waals surface area (Å²) in [7, 11) is 0. The van der Waals surface area contributed by atoms with Crippen molar-refractivity contribution in [1.82, 2.24) is 14.5 Å². The number of imidazole rings is 1. The highest BCUT2D eigenvalue weighted by Crippen LogP contribution is 2.25. The Bertz CT molecular complexity index is 906. The summed E-state index contributed by atoms with van der Waals surface area (Å²) in [6.07, 6.45) is 6.01. The Balaban J connectivity index is 1.52. The number of fused-ring (bicyclic) bond motifs is 1. The third kappa shape index (κ3) is 2.96. The Morgan fingerprint density at radius 3 is 2.96 bits per heavy atom. The summed E-state index contributed by atoms with van der Waals surface area (Å²) in [6, 6.07) is 11.7. The van der Waals surface area contributed by atoms with Crippen LogP contribution in [0.3, 0.4) is 0 Å². The van der Waals surface area contributed by atoms with Crippen molar-refractivity contribution in [3.8, 4) is 0 Å². The molecule has 3 heterocycles. The van der Waals surface area contributed by atoms with Crippen LogP contribution in [-0.2, 0) is 4.79 Å². The second-order valence-corrected chi connectivity index (χ2v) is 6.37. The molecule has 0 fully saturated rings. The van der Waals surface area contributed by atoms with E-state index < -0.39 is 0 Å². The van der Waals surface area contributed by atoms with Crippen LogP contribution < -0.4 is 5.32 Å². The molecule has 1 amide bonds. The van der Waals surface area contributed by atoms with E-state index in [0.717, 1.165) is 22.3 Å². The van der Waals surface area contributed by atoms with Gasteiger partial charge in [-0.15, -0.1) is 0 Å². The van der Waals surface area contributed by atoms with Gasteiger partial charge in [-0.05, 0) is 52.7 Å². The number of thiophene rings is 1. The number of H-pyrrole nitrogens is 1. The number of nitrogens with one attached hydrogen (secondary N) is 2. The molecule has 0 saturated carbocycles. The number of carbonyl (C=O) groups is 1. The molecule has 0 aliphatic carbocycles. The lowest BCUT2D eigenvalue weighted by molar-refractivity contribution is -0.116. The molecule has 1 atom stereocenters. The molecule has 4 aromatic rings. The first kappa shape index (κ1) is 14.7. The number of benzene rings is 1. The Morgan fingerprint density at radius 2 is 2.17 bits per heavy atom. The lowest BCUT2D eigenvalue weighted by Crippen LogP contribution is -2.19. The van der Waals surface area contributed by atoms with Crippen LogP contribution >= 0.6 is 11.3 Å². The van der Waals surface area contributed by atoms with Gasteiger partial charge in [-0.1, -0.05) is 0 Å². The molecule has 0 spiro atoms. The van der Waals surface area contributed by atoms with Crippen molar-refractivity contribution in [2.24, 2.45) is 0 Å². The SMILES string of the molecule is O=C(C[C@@H](c1ccsc1)n1cccc1)Nc1ccc2nc[nH]c2c1. The van der Waals surface area contributed by atoms with Crippen molar-refractivity contribution in [3.63, 3.8) is 0 Å². The van der Waals surface area contributed by atoms with E-state index in [-0.39, 0.29) is 11.9 Å². The normalized spacial score (nSPS) is 12.3. The van der Waals surface area contributed by atoms with Gasteiger partial charge in [-0.25, -0.2) is 4.98 Å². The molecule has 0 radical (unpaired) electrons. The molecule has 0 unspecified atom stereocenters. The number of rotatable bonds is 5. The number of amides is 1. The van der Waals surface area contributed by atoms with E-state index >= 15 is 0 Å². The molecule has 120 valence electrons. The molecular formula is C18H16N4OS. The molecule has 1 aromatic carbocycles. The monoisotopic (exact) mass is 336 g/mol. The van der Waals surface area contributed by atoms with Crippen LogP contribution in [0, 0.1) is 0 Å². The average molecular weight is 336 g/mol. The average Bonchev–Trinajstić information content (AvgIpc) is 3.33. The van der Waals surface area contributed by atoms with Gasteiger partial charge in [0.2, 0.25) is 5.91 Å². The second kappa shape index (κ2) is 6.33. The quantitative estimate of drug-likeness (QED) is 0.578. The van der Waals surface area contributed by atoms with E-state index in [4.69, 9.17) is 0 Å². The minimum atomic E-state index is -0.0150. The van der Waals surface area contributed by atoms with Crippen molar-refractivity contribution in [2.45, 2.75) is 12.5 Å². The van der Waals surface area contributed by atoms with Gasteiger partial charge in [0.05, 0.1) is 29.8 Å². The number of nitrogens with zero attached hydrogens (tertiary/aromatic N) is 2. The maximum Gasteiger partial charge on any atom is 0.226 e. The predicted molar refractivity (Wildman–Crippen MR) is 96.2 cm³/mol. The zero-order valence-electron chi connectivity index (χ0n) is 12.8. The maximum atomic E-state index is 12.5. The first-order chi connectivity index (χ1) is 11.8. The van der Waals surface area contributed by atoms with Crippen molar-refractivity contribution < 1.29 is 4.79 Å². The van der Waals surface area contributed by atoms with Gasteiger partial charge in [0, 0.05) is 18.1 Å². The summed E-state index contributed by atoms with van der Waals surface area (Å²) in [5, 5.41) is 7.11. The maximum absolute atomic E-state index is 12.5. The van der Waals surface area contributed by atoms with E-state index in [1.54, 1.807) is 17.7 Å². The van der Waals surface area contributed by atoms with Crippen molar-refractivity contribution in [2.75, 3.05) is 5.32 Å². The van der Waals surface area contributed by atoms with Gasteiger partial charge < -0.3 is 14.9 Å². The predicted octanol–water partition coefficient (Wildman–Crippen LogP) is 4.04. The van der Waals surface area contributed by atoms with Crippen LogP contribution in [-0.4, -0.2) is 20.4 Å². The molecule has 24 heavy (non-hydrogen) atoms. The first-order valence-electron chi connectivity index (χ1n) is 7.67. The van der Waals surface area contributed by atoms with Crippen LogP contribution in [0.1, 0.15) is 18.0 Å². The van der Waals surface area contributed by atoms with Crippen molar-refractivity contribution in [3.05, 3.63) is 71.4 Å². The highest BCUT2D eigenvalue weighted by molar-refractivity contribution is 7.08. The lowest BCUT2D eigenvalue weighted by Gasteiger charge is -2.18. The number of aromatic nitrogens is 3. The van der Waals surface area contributed by atoms with Crippen LogP contribution in [0.4, 0.5) is 5.69 Å². The molecule has 0 aliphatic rings. The molecule has 0 bridgehead atoms. The summed E-state index contributed by atoms with van der Waals surface area (Å²) in [6.45, 7) is 0. The molecule has 2 N–H and O–H groups in total. The minimum absolute atomic E-state index is 0.00198. The number of carbonyl (C=O) groups excluding carboxylic acids is 1. The Kier molecular flexibility index (Phi) is 3.88. The van der Waals surface area contributed by atoms with Crippen LogP contribution in [0.15, 0.2) is 65.9 Å². The number of hydrogen-bond acceptors (Lipinski definition) is 3. The molecule has 0 aliphatic heterocycles. The minimum Gasteiger partial charge on any atom is -0.346 e. The number of aromatic amines is 1. The van der Waals surface area contributed by atoms with E-state index in [1.165, 1.54) is 0 Å². The standard InChI is InChI=1S/C18H16N4OS/c23-18(21-14-3-4-15-16(9-14)20-12-19-15)10-17(13-5-8-24-11-13)22-6-1-2-7-22/h1-9,11-12,17H,10H2,(H,19,20)(H,21,23)/t17-/m0/s1. The van der Waals surface area contributed by atoms with Gasteiger partial charge in [0.1, 0.15) is 0 Å². The summed E-state index contributed by atoms with van der Waals surface area (Å²) >= 11 is 1.64. The van der Waals surface area contributed by atoms with Crippen LogP contribution in [0.2, 0.25) is 0 Å². The highest BCUT2D eigenvalue weighted by atomic mass is 32.1. The summed E-state index contributed by atoms with van der Waals surface area (Å²) in [5.74, 6) is -0.0150. The first-order valence-corrected chi connectivity index (χ1v) is 8.61. The van der Waals surface area contributed by atoms with Gasteiger partial charge >= 0.3 is 0 Å². The molecule has 6 heteroatoms. The topological polar surface area (TPSA) is 62.7 Å².